The van der Waals surface area contributed by atoms with Crippen LogP contribution in [-0.4, -0.2) is 16.0 Å². The summed E-state index contributed by atoms with van der Waals surface area (Å²) in [6.45, 7) is 4.13. The van der Waals surface area contributed by atoms with E-state index in [2.05, 4.69) is 41.4 Å². The first-order valence-electron chi connectivity index (χ1n) is 9.43. The lowest BCUT2D eigenvalue weighted by Gasteiger charge is -2.07. The van der Waals surface area contributed by atoms with Crippen molar-refractivity contribution in [3.8, 4) is 22.4 Å². The van der Waals surface area contributed by atoms with Crippen LogP contribution < -0.4 is 5.32 Å². The van der Waals surface area contributed by atoms with Gasteiger partial charge in [-0.05, 0) is 54.3 Å². The molecule has 2 heterocycles. The molecular formula is C24H21N3O2. The molecule has 1 amide bonds. The average Bonchev–Trinajstić information content (AvgIpc) is 3.14. The molecule has 4 rings (SSSR count). The summed E-state index contributed by atoms with van der Waals surface area (Å²) in [4.78, 5) is 16.7. The molecule has 0 aliphatic carbocycles. The number of amides is 1. The molecule has 0 fully saturated rings. The lowest BCUT2D eigenvalue weighted by atomic mass is 9.98. The molecule has 0 aliphatic heterocycles. The van der Waals surface area contributed by atoms with E-state index >= 15 is 0 Å². The summed E-state index contributed by atoms with van der Waals surface area (Å²) in [5.41, 5.74) is 6.56. The van der Waals surface area contributed by atoms with E-state index in [9.17, 15) is 4.79 Å². The normalized spacial score (nSPS) is 10.7. The van der Waals surface area contributed by atoms with E-state index < -0.39 is 0 Å². The minimum absolute atomic E-state index is 0.158. The van der Waals surface area contributed by atoms with E-state index in [4.69, 9.17) is 4.52 Å². The molecule has 0 spiro atoms. The van der Waals surface area contributed by atoms with Crippen molar-refractivity contribution >= 4 is 11.8 Å². The molecule has 0 bridgehead atoms. The Morgan fingerprint density at radius 3 is 2.41 bits per heavy atom. The predicted molar refractivity (Wildman–Crippen MR) is 113 cm³/mol. The number of nitrogens with zero attached hydrogens (tertiary/aromatic N) is 2. The van der Waals surface area contributed by atoms with E-state index in [-0.39, 0.29) is 12.3 Å². The van der Waals surface area contributed by atoms with Crippen molar-refractivity contribution < 1.29 is 9.32 Å². The van der Waals surface area contributed by atoms with E-state index in [1.807, 2.05) is 48.5 Å². The topological polar surface area (TPSA) is 68.0 Å². The first-order valence-corrected chi connectivity index (χ1v) is 9.43. The number of pyridine rings is 1. The molecule has 2 aromatic carbocycles. The number of carbonyl (C=O) groups excluding carboxylic acids is 1. The number of rotatable bonds is 5. The zero-order valence-corrected chi connectivity index (χ0v) is 16.3. The van der Waals surface area contributed by atoms with Crippen LogP contribution in [0.5, 0.6) is 0 Å². The number of benzene rings is 2. The van der Waals surface area contributed by atoms with Crippen LogP contribution in [0.25, 0.3) is 22.4 Å². The highest BCUT2D eigenvalue weighted by Crippen LogP contribution is 2.38. The van der Waals surface area contributed by atoms with Crippen LogP contribution in [0, 0.1) is 13.8 Å². The van der Waals surface area contributed by atoms with Gasteiger partial charge in [-0.15, -0.1) is 0 Å². The van der Waals surface area contributed by atoms with E-state index in [0.29, 0.717) is 11.6 Å². The Labute approximate surface area is 169 Å². The molecule has 0 saturated carbocycles. The molecule has 144 valence electrons. The molecule has 5 heteroatoms. The zero-order chi connectivity index (χ0) is 20.2. The lowest BCUT2D eigenvalue weighted by molar-refractivity contribution is -0.115. The van der Waals surface area contributed by atoms with Gasteiger partial charge in [0, 0.05) is 18.0 Å². The maximum atomic E-state index is 12.6. The van der Waals surface area contributed by atoms with Crippen molar-refractivity contribution in [2.45, 2.75) is 20.3 Å². The number of nitrogens with one attached hydrogen (secondary N) is 1. The van der Waals surface area contributed by atoms with Gasteiger partial charge < -0.3 is 4.52 Å². The second kappa shape index (κ2) is 8.10. The first kappa shape index (κ1) is 18.6. The van der Waals surface area contributed by atoms with Gasteiger partial charge in [-0.3, -0.25) is 15.1 Å². The largest absolute Gasteiger partial charge is 0.337 e. The van der Waals surface area contributed by atoms with Crippen LogP contribution in [0.1, 0.15) is 16.7 Å². The number of aromatic nitrogens is 2. The number of anilines is 1. The molecule has 2 aromatic heterocycles. The molecule has 0 atom stereocenters. The van der Waals surface area contributed by atoms with Gasteiger partial charge in [0.15, 0.2) is 0 Å². The van der Waals surface area contributed by atoms with Gasteiger partial charge in [0.2, 0.25) is 11.8 Å². The second-order valence-electron chi connectivity index (χ2n) is 6.98. The summed E-state index contributed by atoms with van der Waals surface area (Å²) in [6.07, 6.45) is 3.68. The van der Waals surface area contributed by atoms with Gasteiger partial charge in [0.05, 0.1) is 12.0 Å². The third kappa shape index (κ3) is 4.09. The van der Waals surface area contributed by atoms with Gasteiger partial charge in [-0.2, -0.15) is 0 Å². The van der Waals surface area contributed by atoms with Crippen molar-refractivity contribution in [3.05, 3.63) is 89.7 Å². The highest BCUT2D eigenvalue weighted by atomic mass is 16.5. The van der Waals surface area contributed by atoms with Gasteiger partial charge in [0.1, 0.15) is 5.69 Å². The first-order chi connectivity index (χ1) is 14.1. The third-order valence-corrected chi connectivity index (χ3v) is 4.90. The van der Waals surface area contributed by atoms with E-state index in [1.54, 1.807) is 12.4 Å². The summed E-state index contributed by atoms with van der Waals surface area (Å²) in [5, 5.41) is 7.17. The summed E-state index contributed by atoms with van der Waals surface area (Å²) >= 11 is 0. The van der Waals surface area contributed by atoms with Crippen molar-refractivity contribution in [3.63, 3.8) is 0 Å². The molecule has 0 radical (unpaired) electrons. The fourth-order valence-corrected chi connectivity index (χ4v) is 3.20. The SMILES string of the molecule is Cc1ccc(-c2noc(NC(=O)Cc3ccccc3)c2-c2ccncc2)cc1C. The molecule has 0 saturated heterocycles. The molecule has 29 heavy (non-hydrogen) atoms. The minimum Gasteiger partial charge on any atom is -0.337 e. The maximum Gasteiger partial charge on any atom is 0.239 e. The van der Waals surface area contributed by atoms with Crippen molar-refractivity contribution in [2.24, 2.45) is 0 Å². The Morgan fingerprint density at radius 2 is 1.69 bits per heavy atom. The monoisotopic (exact) mass is 383 g/mol. The van der Waals surface area contributed by atoms with Crippen molar-refractivity contribution in [1.29, 1.82) is 0 Å². The van der Waals surface area contributed by atoms with Crippen LogP contribution in [-0.2, 0) is 11.2 Å². The molecule has 0 unspecified atom stereocenters. The summed E-state index contributed by atoms with van der Waals surface area (Å²) in [5.74, 6) is 0.180. The second-order valence-corrected chi connectivity index (χ2v) is 6.98. The summed E-state index contributed by atoms with van der Waals surface area (Å²) in [7, 11) is 0. The fraction of sp³-hybridized carbons (Fsp3) is 0.125. The van der Waals surface area contributed by atoms with Gasteiger partial charge in [-0.1, -0.05) is 47.6 Å². The van der Waals surface area contributed by atoms with Gasteiger partial charge in [0.25, 0.3) is 0 Å². The van der Waals surface area contributed by atoms with Crippen LogP contribution in [0.3, 0.4) is 0 Å². The number of carbonyl (C=O) groups is 1. The fourth-order valence-electron chi connectivity index (χ4n) is 3.20. The predicted octanol–water partition coefficient (Wildman–Crippen LogP) is 5.20. The molecule has 1 N–H and O–H groups in total. The average molecular weight is 383 g/mol. The Morgan fingerprint density at radius 1 is 0.931 bits per heavy atom. The maximum absolute atomic E-state index is 12.6. The van der Waals surface area contributed by atoms with Gasteiger partial charge in [-0.25, -0.2) is 0 Å². The van der Waals surface area contributed by atoms with E-state index in [1.165, 1.54) is 11.1 Å². The van der Waals surface area contributed by atoms with E-state index in [0.717, 1.165) is 22.3 Å². The van der Waals surface area contributed by atoms with Crippen LogP contribution in [0.2, 0.25) is 0 Å². The molecule has 4 aromatic rings. The molecular weight excluding hydrogens is 362 g/mol. The number of aryl methyl sites for hydroxylation is 2. The lowest BCUT2D eigenvalue weighted by Crippen LogP contribution is -2.14. The molecule has 0 aliphatic rings. The standard InChI is InChI=1S/C24H21N3O2/c1-16-8-9-20(14-17(16)2)23-22(19-10-12-25-13-11-19)24(29-27-23)26-21(28)15-18-6-4-3-5-7-18/h3-14H,15H2,1-2H3,(H,26,28). The Kier molecular flexibility index (Phi) is 5.20. The zero-order valence-electron chi connectivity index (χ0n) is 16.3. The smallest absolute Gasteiger partial charge is 0.239 e. The quantitative estimate of drug-likeness (QED) is 0.514. The summed E-state index contributed by atoms with van der Waals surface area (Å²) < 4.78 is 5.58. The number of hydrogen-bond donors (Lipinski definition) is 1. The van der Waals surface area contributed by atoms with Crippen LogP contribution in [0.4, 0.5) is 5.88 Å². The Balaban J connectivity index is 1.71. The van der Waals surface area contributed by atoms with Gasteiger partial charge >= 0.3 is 0 Å². The molecule has 5 nitrogen and oxygen atoms in total. The number of hydrogen-bond acceptors (Lipinski definition) is 4. The van der Waals surface area contributed by atoms with Crippen molar-refractivity contribution in [1.82, 2.24) is 10.1 Å². The highest BCUT2D eigenvalue weighted by Gasteiger charge is 2.21. The minimum atomic E-state index is -0.158. The van der Waals surface area contributed by atoms with Crippen LogP contribution in [0.15, 0.2) is 77.6 Å². The Hall–Kier alpha value is -3.73. The van der Waals surface area contributed by atoms with Crippen molar-refractivity contribution in [2.75, 3.05) is 5.32 Å². The highest BCUT2D eigenvalue weighted by molar-refractivity contribution is 5.97. The Bertz CT molecular complexity index is 1140. The third-order valence-electron chi connectivity index (χ3n) is 4.90. The summed E-state index contributed by atoms with van der Waals surface area (Å²) in [6, 6.07) is 19.5. The van der Waals surface area contributed by atoms with Crippen LogP contribution >= 0.6 is 0 Å².